The molecule has 0 radical (unpaired) electrons. The van der Waals surface area contributed by atoms with Gasteiger partial charge in [-0.05, 0) is 59.5 Å². The summed E-state index contributed by atoms with van der Waals surface area (Å²) in [5.41, 5.74) is 2.14. The van der Waals surface area contributed by atoms with Crippen LogP contribution in [0.5, 0.6) is 0 Å². The minimum atomic E-state index is -3.26. The van der Waals surface area contributed by atoms with Crippen LogP contribution in [-0.4, -0.2) is 76.9 Å². The molecule has 1 saturated carbocycles. The third-order valence-electron chi connectivity index (χ3n) is 7.37. The molecule has 2 heterocycles. The van der Waals surface area contributed by atoms with E-state index in [-0.39, 0.29) is 6.04 Å². The Labute approximate surface area is 207 Å². The van der Waals surface area contributed by atoms with Gasteiger partial charge in [-0.1, -0.05) is 55.3 Å². The van der Waals surface area contributed by atoms with Crippen molar-refractivity contribution < 1.29 is 8.42 Å². The number of sulfone groups is 1. The molecule has 0 spiro atoms. The monoisotopic (exact) mass is 494 g/mol. The largest absolute Gasteiger partial charge is 0.299 e. The van der Waals surface area contributed by atoms with Crippen LogP contribution in [-0.2, 0) is 16.4 Å². The van der Waals surface area contributed by atoms with Crippen LogP contribution in [0.2, 0.25) is 0 Å². The second-order valence-corrected chi connectivity index (χ2v) is 11.8. The average Bonchev–Trinajstić information content (AvgIpc) is 3.49. The van der Waals surface area contributed by atoms with Crippen molar-refractivity contribution in [3.8, 4) is 0 Å². The maximum absolute atomic E-state index is 12.1. The normalized spacial score (nSPS) is 19.6. The molecule has 1 aliphatic carbocycles. The fourth-order valence-corrected chi connectivity index (χ4v) is 6.18. The number of benzene rings is 2. The molecule has 0 N–H and O–H groups in total. The van der Waals surface area contributed by atoms with Gasteiger partial charge in [-0.15, -0.1) is 5.10 Å². The van der Waals surface area contributed by atoms with Crippen LogP contribution in [0.25, 0.3) is 0 Å². The Morgan fingerprint density at radius 3 is 2.37 bits per heavy atom. The predicted molar refractivity (Wildman–Crippen MR) is 135 cm³/mol. The number of nitrogens with zero attached hydrogens (tertiary/aromatic N) is 6. The first kappa shape index (κ1) is 24.1. The summed E-state index contributed by atoms with van der Waals surface area (Å²) in [4.78, 5) is 5.47. The van der Waals surface area contributed by atoms with Crippen molar-refractivity contribution >= 4 is 9.84 Å². The number of tetrazole rings is 1. The summed E-state index contributed by atoms with van der Waals surface area (Å²) < 4.78 is 26.0. The van der Waals surface area contributed by atoms with Gasteiger partial charge in [0.15, 0.2) is 15.7 Å². The highest BCUT2D eigenvalue weighted by atomic mass is 32.2. The van der Waals surface area contributed by atoms with Crippen molar-refractivity contribution in [1.82, 2.24) is 30.0 Å². The van der Waals surface area contributed by atoms with Gasteiger partial charge in [0.1, 0.15) is 0 Å². The topological polar surface area (TPSA) is 84.2 Å². The molecule has 186 valence electrons. The molecule has 0 amide bonds. The second-order valence-electron chi connectivity index (χ2n) is 9.79. The van der Waals surface area contributed by atoms with E-state index in [0.717, 1.165) is 49.6 Å². The third kappa shape index (κ3) is 5.63. The second kappa shape index (κ2) is 10.6. The Balaban J connectivity index is 1.46. The van der Waals surface area contributed by atoms with Crippen LogP contribution < -0.4 is 0 Å². The fraction of sp³-hybridized carbons (Fsp3) is 0.500. The van der Waals surface area contributed by atoms with Crippen molar-refractivity contribution in [3.63, 3.8) is 0 Å². The van der Waals surface area contributed by atoms with E-state index in [1.807, 2.05) is 35.0 Å². The first-order valence-electron chi connectivity index (χ1n) is 12.6. The molecule has 9 heteroatoms. The smallest absolute Gasteiger partial charge is 0.175 e. The zero-order valence-electron chi connectivity index (χ0n) is 20.3. The van der Waals surface area contributed by atoms with Crippen LogP contribution in [0.3, 0.4) is 0 Å². The summed E-state index contributed by atoms with van der Waals surface area (Å²) in [6.45, 7) is 4.61. The Hall–Kier alpha value is -2.62. The van der Waals surface area contributed by atoms with E-state index < -0.39 is 9.84 Å². The molecule has 1 aliphatic heterocycles. The lowest BCUT2D eigenvalue weighted by Gasteiger charge is -2.31. The van der Waals surface area contributed by atoms with Gasteiger partial charge in [0.25, 0.3) is 0 Å². The summed E-state index contributed by atoms with van der Waals surface area (Å²) in [7, 11) is -3.26. The van der Waals surface area contributed by atoms with Gasteiger partial charge in [0.2, 0.25) is 0 Å². The Morgan fingerprint density at radius 2 is 1.66 bits per heavy atom. The molecule has 2 fully saturated rings. The highest BCUT2D eigenvalue weighted by Gasteiger charge is 2.31. The van der Waals surface area contributed by atoms with E-state index in [2.05, 4.69) is 37.5 Å². The van der Waals surface area contributed by atoms with Crippen molar-refractivity contribution in [2.75, 3.05) is 32.4 Å². The van der Waals surface area contributed by atoms with E-state index in [9.17, 15) is 8.42 Å². The molecule has 5 rings (SSSR count). The zero-order chi connectivity index (χ0) is 24.3. The zero-order valence-corrected chi connectivity index (χ0v) is 21.1. The van der Waals surface area contributed by atoms with Crippen molar-refractivity contribution in [1.29, 1.82) is 0 Å². The van der Waals surface area contributed by atoms with E-state index in [4.69, 9.17) is 0 Å². The average molecular weight is 495 g/mol. The summed E-state index contributed by atoms with van der Waals surface area (Å²) >= 11 is 0. The van der Waals surface area contributed by atoms with Gasteiger partial charge in [0.05, 0.1) is 17.5 Å². The predicted octanol–water partition coefficient (Wildman–Crippen LogP) is 3.16. The van der Waals surface area contributed by atoms with Crippen molar-refractivity contribution in [3.05, 3.63) is 71.5 Å². The molecule has 1 saturated heterocycles. The van der Waals surface area contributed by atoms with E-state index in [1.165, 1.54) is 31.9 Å². The van der Waals surface area contributed by atoms with Crippen LogP contribution in [0, 0.1) is 0 Å². The maximum Gasteiger partial charge on any atom is 0.175 e. The fourth-order valence-electron chi connectivity index (χ4n) is 5.55. The van der Waals surface area contributed by atoms with Gasteiger partial charge in [0, 0.05) is 31.9 Å². The van der Waals surface area contributed by atoms with Crippen molar-refractivity contribution in [2.24, 2.45) is 0 Å². The quantitative estimate of drug-likeness (QED) is 0.499. The molecule has 1 unspecified atom stereocenters. The first-order chi connectivity index (χ1) is 17.0. The Bertz CT molecular complexity index is 1210. The SMILES string of the molecule is CS(=O)(=O)c1ccc(C(c2nnnn2Cc2ccccc2)N2CCCN(C3CCCC3)CC2)cc1. The minimum Gasteiger partial charge on any atom is -0.299 e. The van der Waals surface area contributed by atoms with Crippen LogP contribution in [0.1, 0.15) is 55.1 Å². The van der Waals surface area contributed by atoms with Gasteiger partial charge in [-0.3, -0.25) is 9.80 Å². The van der Waals surface area contributed by atoms with E-state index in [0.29, 0.717) is 17.5 Å². The molecule has 2 aliphatic rings. The molecular formula is C26H34N6O2S. The van der Waals surface area contributed by atoms with Gasteiger partial charge >= 0.3 is 0 Å². The Kier molecular flexibility index (Phi) is 7.27. The molecule has 1 atom stereocenters. The highest BCUT2D eigenvalue weighted by molar-refractivity contribution is 7.90. The highest BCUT2D eigenvalue weighted by Crippen LogP contribution is 2.31. The first-order valence-corrected chi connectivity index (χ1v) is 14.5. The number of hydrogen-bond donors (Lipinski definition) is 0. The molecule has 8 nitrogen and oxygen atoms in total. The molecule has 1 aromatic heterocycles. The number of rotatable bonds is 7. The third-order valence-corrected chi connectivity index (χ3v) is 8.50. The minimum absolute atomic E-state index is 0.147. The number of hydrogen-bond acceptors (Lipinski definition) is 7. The Morgan fingerprint density at radius 1 is 0.914 bits per heavy atom. The number of aromatic nitrogens is 4. The molecule has 35 heavy (non-hydrogen) atoms. The summed E-state index contributed by atoms with van der Waals surface area (Å²) in [5, 5.41) is 12.9. The lowest BCUT2D eigenvalue weighted by Crippen LogP contribution is -2.38. The molecule has 2 aromatic carbocycles. The van der Waals surface area contributed by atoms with Gasteiger partial charge in [-0.25, -0.2) is 13.1 Å². The van der Waals surface area contributed by atoms with E-state index >= 15 is 0 Å². The van der Waals surface area contributed by atoms with Gasteiger partial charge < -0.3 is 0 Å². The van der Waals surface area contributed by atoms with Gasteiger partial charge in [-0.2, -0.15) is 0 Å². The lowest BCUT2D eigenvalue weighted by molar-refractivity contribution is 0.185. The summed E-state index contributed by atoms with van der Waals surface area (Å²) in [6, 6.07) is 18.0. The van der Waals surface area contributed by atoms with Crippen LogP contribution >= 0.6 is 0 Å². The summed E-state index contributed by atoms with van der Waals surface area (Å²) in [6.07, 6.45) is 7.64. The van der Waals surface area contributed by atoms with E-state index in [1.54, 1.807) is 12.1 Å². The maximum atomic E-state index is 12.1. The van der Waals surface area contributed by atoms with Crippen LogP contribution in [0.15, 0.2) is 59.5 Å². The summed E-state index contributed by atoms with van der Waals surface area (Å²) in [5.74, 6) is 0.787. The van der Waals surface area contributed by atoms with Crippen molar-refractivity contribution in [2.45, 2.75) is 55.6 Å². The molecule has 3 aromatic rings. The lowest BCUT2D eigenvalue weighted by atomic mass is 10.0. The standard InChI is InChI=1S/C26H34N6O2S/c1-35(33,34)24-14-12-22(13-15-24)25(26-27-28-29-32(26)20-21-8-3-2-4-9-21)31-17-7-16-30(18-19-31)23-10-5-6-11-23/h2-4,8-9,12-15,23,25H,5-7,10-11,16-20H2,1H3. The molecule has 0 bridgehead atoms. The van der Waals surface area contributed by atoms with Crippen LogP contribution in [0.4, 0.5) is 0 Å². The molecular weight excluding hydrogens is 460 g/mol.